The maximum Gasteiger partial charge on any atom is 0.171 e. The highest BCUT2D eigenvalue weighted by Crippen LogP contribution is 2.21. The van der Waals surface area contributed by atoms with Crippen LogP contribution in [0.5, 0.6) is 5.75 Å². The largest absolute Gasteiger partial charge is 0.496 e. The second kappa shape index (κ2) is 5.09. The van der Waals surface area contributed by atoms with Crippen LogP contribution in [0.1, 0.15) is 16.8 Å². The van der Waals surface area contributed by atoms with Gasteiger partial charge in [0.1, 0.15) is 5.75 Å². The van der Waals surface area contributed by atoms with Gasteiger partial charge in [-0.25, -0.2) is 0 Å². The summed E-state index contributed by atoms with van der Waals surface area (Å²) in [5.41, 5.74) is 0.573. The van der Waals surface area contributed by atoms with Crippen LogP contribution in [0.2, 0.25) is 0 Å². The van der Waals surface area contributed by atoms with E-state index in [0.717, 1.165) is 0 Å². The quantitative estimate of drug-likeness (QED) is 0.726. The van der Waals surface area contributed by atoms with Gasteiger partial charge in [0.25, 0.3) is 0 Å². The third kappa shape index (κ3) is 2.40. The molecule has 16 heavy (non-hydrogen) atoms. The van der Waals surface area contributed by atoms with Gasteiger partial charge in [-0.15, -0.1) is 0 Å². The molecule has 1 aromatic carbocycles. The monoisotopic (exact) mass is 222 g/mol. The minimum Gasteiger partial charge on any atom is -0.496 e. The van der Waals surface area contributed by atoms with Crippen LogP contribution in [0.3, 0.4) is 0 Å². The molecule has 0 N–H and O–H groups in total. The molecule has 1 aromatic rings. The first-order valence-electron chi connectivity index (χ1n) is 5.20. The molecule has 4 nitrogen and oxygen atoms in total. The summed E-state index contributed by atoms with van der Waals surface area (Å²) >= 11 is 0. The Kier molecular flexibility index (Phi) is 3.54. The van der Waals surface area contributed by atoms with Gasteiger partial charge in [-0.05, 0) is 12.1 Å². The van der Waals surface area contributed by atoms with Gasteiger partial charge in [0.2, 0.25) is 0 Å². The van der Waals surface area contributed by atoms with Crippen LogP contribution in [-0.4, -0.2) is 32.4 Å². The summed E-state index contributed by atoms with van der Waals surface area (Å²) in [6.45, 7) is 1.12. The first-order valence-corrected chi connectivity index (χ1v) is 5.20. The van der Waals surface area contributed by atoms with Crippen molar-refractivity contribution in [3.8, 4) is 5.75 Å². The van der Waals surface area contributed by atoms with Gasteiger partial charge >= 0.3 is 0 Å². The Labute approximate surface area is 94.1 Å². The molecule has 2 rings (SSSR count). The van der Waals surface area contributed by atoms with E-state index in [-0.39, 0.29) is 12.2 Å². The number of para-hydroxylation sites is 1. The number of carbonyl (C=O) groups is 1. The number of carbonyl (C=O) groups excluding carboxylic acids is 1. The predicted molar refractivity (Wildman–Crippen MR) is 57.6 cm³/mol. The minimum absolute atomic E-state index is 0.0237. The highest BCUT2D eigenvalue weighted by atomic mass is 16.7. The van der Waals surface area contributed by atoms with Crippen molar-refractivity contribution in [2.75, 3.05) is 20.3 Å². The van der Waals surface area contributed by atoms with E-state index < -0.39 is 6.29 Å². The Balaban J connectivity index is 2.07. The van der Waals surface area contributed by atoms with E-state index in [1.807, 2.05) is 12.1 Å². The lowest BCUT2D eigenvalue weighted by Gasteiger charge is -2.10. The summed E-state index contributed by atoms with van der Waals surface area (Å²) in [6.07, 6.45) is -0.169. The second-order valence-electron chi connectivity index (χ2n) is 3.50. The lowest BCUT2D eigenvalue weighted by molar-refractivity contribution is -0.0407. The van der Waals surface area contributed by atoms with Gasteiger partial charge in [-0.1, -0.05) is 12.1 Å². The lowest BCUT2D eigenvalue weighted by Crippen LogP contribution is -2.15. The molecule has 86 valence electrons. The molecule has 0 saturated carbocycles. The van der Waals surface area contributed by atoms with Crippen molar-refractivity contribution in [3.63, 3.8) is 0 Å². The summed E-state index contributed by atoms with van der Waals surface area (Å²) in [6, 6.07) is 7.16. The molecule has 1 aliphatic rings. The van der Waals surface area contributed by atoms with Crippen molar-refractivity contribution in [1.82, 2.24) is 0 Å². The predicted octanol–water partition coefficient (Wildman–Crippen LogP) is 1.64. The van der Waals surface area contributed by atoms with E-state index in [1.165, 1.54) is 0 Å². The Morgan fingerprint density at radius 2 is 2.06 bits per heavy atom. The molecule has 0 aliphatic carbocycles. The van der Waals surface area contributed by atoms with Gasteiger partial charge < -0.3 is 14.2 Å². The molecule has 0 radical (unpaired) electrons. The third-order valence-electron chi connectivity index (χ3n) is 2.45. The van der Waals surface area contributed by atoms with Crippen molar-refractivity contribution >= 4 is 5.78 Å². The number of hydrogen-bond acceptors (Lipinski definition) is 4. The number of rotatable bonds is 4. The number of methoxy groups -OCH3 is 1. The zero-order valence-corrected chi connectivity index (χ0v) is 9.14. The van der Waals surface area contributed by atoms with E-state index >= 15 is 0 Å². The molecule has 1 heterocycles. The smallest absolute Gasteiger partial charge is 0.171 e. The molecule has 0 amide bonds. The summed E-state index contributed by atoms with van der Waals surface area (Å²) in [5, 5.41) is 0. The molecule has 0 aromatic heterocycles. The molecule has 0 unspecified atom stereocenters. The first-order chi connectivity index (χ1) is 7.81. The summed E-state index contributed by atoms with van der Waals surface area (Å²) in [4.78, 5) is 11.9. The molecule has 4 heteroatoms. The average Bonchev–Trinajstić information content (AvgIpc) is 2.81. The van der Waals surface area contributed by atoms with Crippen molar-refractivity contribution in [2.24, 2.45) is 0 Å². The van der Waals surface area contributed by atoms with Crippen LogP contribution < -0.4 is 4.74 Å². The minimum atomic E-state index is -0.405. The van der Waals surface area contributed by atoms with E-state index in [0.29, 0.717) is 24.5 Å². The van der Waals surface area contributed by atoms with Crippen LogP contribution in [0.4, 0.5) is 0 Å². The Hall–Kier alpha value is -1.39. The summed E-state index contributed by atoms with van der Waals surface area (Å²) < 4.78 is 15.6. The Morgan fingerprint density at radius 3 is 2.75 bits per heavy atom. The van der Waals surface area contributed by atoms with E-state index in [2.05, 4.69) is 0 Å². The van der Waals surface area contributed by atoms with E-state index in [1.54, 1.807) is 19.2 Å². The van der Waals surface area contributed by atoms with Crippen LogP contribution in [0.25, 0.3) is 0 Å². The maximum atomic E-state index is 11.9. The van der Waals surface area contributed by atoms with Crippen LogP contribution in [0.15, 0.2) is 24.3 Å². The van der Waals surface area contributed by atoms with Gasteiger partial charge in [0, 0.05) is 0 Å². The summed E-state index contributed by atoms with van der Waals surface area (Å²) in [5.74, 6) is 0.565. The molecule has 0 spiro atoms. The van der Waals surface area contributed by atoms with Crippen LogP contribution in [0, 0.1) is 0 Å². The van der Waals surface area contributed by atoms with Crippen LogP contribution in [-0.2, 0) is 9.47 Å². The molecule has 1 aliphatic heterocycles. The second-order valence-corrected chi connectivity index (χ2v) is 3.50. The molecule has 0 atom stereocenters. The number of hydrogen-bond donors (Lipinski definition) is 0. The van der Waals surface area contributed by atoms with Gasteiger partial charge in [0.05, 0.1) is 32.3 Å². The molecular formula is C12H14O4. The third-order valence-corrected chi connectivity index (χ3v) is 2.45. The Bertz CT molecular complexity index is 369. The van der Waals surface area contributed by atoms with Gasteiger partial charge in [-0.2, -0.15) is 0 Å². The highest BCUT2D eigenvalue weighted by Gasteiger charge is 2.22. The SMILES string of the molecule is COc1ccccc1C(=O)CC1OCCO1. The highest BCUT2D eigenvalue weighted by molar-refractivity contribution is 5.98. The summed E-state index contributed by atoms with van der Waals surface area (Å²) in [7, 11) is 1.55. The standard InChI is InChI=1S/C12H14O4/c1-14-11-5-3-2-4-9(11)10(13)8-12-15-6-7-16-12/h2-5,12H,6-8H2,1H3. The topological polar surface area (TPSA) is 44.8 Å². The first kappa shape index (κ1) is 11.1. The number of benzene rings is 1. The fourth-order valence-electron chi connectivity index (χ4n) is 1.66. The van der Waals surface area contributed by atoms with Crippen LogP contribution >= 0.6 is 0 Å². The Morgan fingerprint density at radius 1 is 1.38 bits per heavy atom. The fraction of sp³-hybridized carbons (Fsp3) is 0.417. The molecular weight excluding hydrogens is 208 g/mol. The van der Waals surface area contributed by atoms with E-state index in [9.17, 15) is 4.79 Å². The molecule has 0 bridgehead atoms. The maximum absolute atomic E-state index is 11.9. The normalized spacial score (nSPS) is 16.3. The average molecular weight is 222 g/mol. The molecule has 1 fully saturated rings. The number of Topliss-reactive ketones (excluding diaryl/α,β-unsaturated/α-hetero) is 1. The van der Waals surface area contributed by atoms with E-state index in [4.69, 9.17) is 14.2 Å². The lowest BCUT2D eigenvalue weighted by atomic mass is 10.1. The van der Waals surface area contributed by atoms with Gasteiger partial charge in [-0.3, -0.25) is 4.79 Å². The van der Waals surface area contributed by atoms with Crippen molar-refractivity contribution in [1.29, 1.82) is 0 Å². The zero-order chi connectivity index (χ0) is 11.4. The zero-order valence-electron chi connectivity index (χ0n) is 9.14. The number of ketones is 1. The van der Waals surface area contributed by atoms with Crippen molar-refractivity contribution in [2.45, 2.75) is 12.7 Å². The van der Waals surface area contributed by atoms with Gasteiger partial charge in [0.15, 0.2) is 12.1 Å². The van der Waals surface area contributed by atoms with Crippen molar-refractivity contribution < 1.29 is 19.0 Å². The number of ether oxygens (including phenoxy) is 3. The fourth-order valence-corrected chi connectivity index (χ4v) is 1.66. The molecule has 1 saturated heterocycles. The van der Waals surface area contributed by atoms with Crippen molar-refractivity contribution in [3.05, 3.63) is 29.8 Å².